The molecule has 0 aliphatic heterocycles. The molecule has 0 atom stereocenters. The first-order valence-corrected chi connectivity index (χ1v) is 9.57. The van der Waals surface area contributed by atoms with Crippen molar-refractivity contribution in [3.63, 3.8) is 0 Å². The van der Waals surface area contributed by atoms with Gasteiger partial charge in [0.25, 0.3) is 5.91 Å². The van der Waals surface area contributed by atoms with Crippen LogP contribution >= 0.6 is 0 Å². The molecule has 2 aromatic rings. The highest BCUT2D eigenvalue weighted by Gasteiger charge is 2.36. The Morgan fingerprint density at radius 2 is 1.93 bits per heavy atom. The molecule has 1 aromatic heterocycles. The number of hydrogen-bond donors (Lipinski definition) is 3. The molecule has 1 saturated carbocycles. The molecule has 3 rings (SSSR count). The Morgan fingerprint density at radius 1 is 1.25 bits per heavy atom. The van der Waals surface area contributed by atoms with E-state index < -0.39 is 17.2 Å². The maximum Gasteiger partial charge on any atom is 0.407 e. The minimum atomic E-state index is -0.571. The topological polar surface area (TPSA) is 105 Å². The summed E-state index contributed by atoms with van der Waals surface area (Å²) in [5, 5.41) is 5.90. The third-order valence-electron chi connectivity index (χ3n) is 5.08. The standard InChI is InChI=1S/C20H28N4O4/c1-19(2,3)28-18(27)21-12-20(9-5-6-10-20)23-16(25)13-7-8-15-14(11-13)22-17(26)24(15)4/h7-8,11H,5-6,9-10,12H2,1-4H3,(H,21,27)(H,22,26)(H,23,25). The van der Waals surface area contributed by atoms with Crippen LogP contribution in [-0.4, -0.2) is 39.2 Å². The number of nitrogens with zero attached hydrogens (tertiary/aromatic N) is 1. The van der Waals surface area contributed by atoms with Crippen LogP contribution in [-0.2, 0) is 11.8 Å². The Balaban J connectivity index is 1.72. The van der Waals surface area contributed by atoms with Crippen LogP contribution in [0.4, 0.5) is 4.79 Å². The second-order valence-corrected chi connectivity index (χ2v) is 8.52. The highest BCUT2D eigenvalue weighted by molar-refractivity contribution is 5.97. The summed E-state index contributed by atoms with van der Waals surface area (Å²) in [6.45, 7) is 5.75. The fourth-order valence-electron chi connectivity index (χ4n) is 3.64. The first kappa shape index (κ1) is 20.0. The highest BCUT2D eigenvalue weighted by Crippen LogP contribution is 2.29. The molecular formula is C20H28N4O4. The quantitative estimate of drug-likeness (QED) is 0.748. The number of ether oxygens (including phenoxy) is 1. The summed E-state index contributed by atoms with van der Waals surface area (Å²) in [4.78, 5) is 39.4. The van der Waals surface area contributed by atoms with Crippen LogP contribution in [0, 0.1) is 0 Å². The van der Waals surface area contributed by atoms with Gasteiger partial charge in [-0.05, 0) is 51.8 Å². The number of H-pyrrole nitrogens is 1. The van der Waals surface area contributed by atoms with Crippen molar-refractivity contribution in [2.24, 2.45) is 7.05 Å². The van der Waals surface area contributed by atoms with Crippen LogP contribution in [0.2, 0.25) is 0 Å². The lowest BCUT2D eigenvalue weighted by molar-refractivity contribution is 0.0505. The molecule has 3 N–H and O–H groups in total. The summed E-state index contributed by atoms with van der Waals surface area (Å²) in [7, 11) is 1.68. The number of benzene rings is 1. The van der Waals surface area contributed by atoms with Gasteiger partial charge in [-0.15, -0.1) is 0 Å². The van der Waals surface area contributed by atoms with E-state index in [0.717, 1.165) is 31.2 Å². The zero-order valence-corrected chi connectivity index (χ0v) is 16.8. The molecule has 28 heavy (non-hydrogen) atoms. The lowest BCUT2D eigenvalue weighted by atomic mass is 9.96. The zero-order chi connectivity index (χ0) is 20.5. The van der Waals surface area contributed by atoms with Crippen molar-refractivity contribution in [1.29, 1.82) is 0 Å². The van der Waals surface area contributed by atoms with Crippen LogP contribution in [0.15, 0.2) is 23.0 Å². The van der Waals surface area contributed by atoms with Gasteiger partial charge in [0, 0.05) is 19.2 Å². The van der Waals surface area contributed by atoms with Crippen molar-refractivity contribution in [3.05, 3.63) is 34.2 Å². The van der Waals surface area contributed by atoms with Gasteiger partial charge in [0.05, 0.1) is 16.6 Å². The van der Waals surface area contributed by atoms with Gasteiger partial charge >= 0.3 is 11.8 Å². The van der Waals surface area contributed by atoms with Crippen LogP contribution in [0.1, 0.15) is 56.8 Å². The molecule has 0 saturated heterocycles. The summed E-state index contributed by atoms with van der Waals surface area (Å²) in [5.74, 6) is -0.223. The van der Waals surface area contributed by atoms with Gasteiger partial charge in [-0.3, -0.25) is 9.36 Å². The van der Waals surface area contributed by atoms with E-state index in [1.165, 1.54) is 4.57 Å². The molecule has 1 fully saturated rings. The van der Waals surface area contributed by atoms with Gasteiger partial charge in [0.1, 0.15) is 5.60 Å². The third kappa shape index (κ3) is 4.37. The number of aromatic nitrogens is 2. The molecule has 1 heterocycles. The number of carbonyl (C=O) groups is 2. The molecule has 0 radical (unpaired) electrons. The first-order chi connectivity index (χ1) is 13.1. The van der Waals surface area contributed by atoms with Crippen molar-refractivity contribution in [3.8, 4) is 0 Å². The SMILES string of the molecule is Cn1c(=O)[nH]c2cc(C(=O)NC3(CNC(=O)OC(C)(C)C)CCCC3)ccc21. The fraction of sp³-hybridized carbons (Fsp3) is 0.550. The molecule has 152 valence electrons. The van der Waals surface area contributed by atoms with Gasteiger partial charge in [-0.25, -0.2) is 9.59 Å². The molecule has 0 unspecified atom stereocenters. The number of rotatable bonds is 4. The first-order valence-electron chi connectivity index (χ1n) is 9.57. The van der Waals surface area contributed by atoms with Crippen molar-refractivity contribution in [2.75, 3.05) is 6.54 Å². The predicted octanol–water partition coefficient (Wildman–Crippen LogP) is 2.43. The summed E-state index contributed by atoms with van der Waals surface area (Å²) in [5.41, 5.74) is 0.543. The van der Waals surface area contributed by atoms with Gasteiger partial charge in [-0.2, -0.15) is 0 Å². The molecule has 2 amide bonds. The average molecular weight is 388 g/mol. The molecule has 1 aliphatic carbocycles. The Morgan fingerprint density at radius 3 is 2.57 bits per heavy atom. The van der Waals surface area contributed by atoms with Gasteiger partial charge in [0.2, 0.25) is 0 Å². The van der Waals surface area contributed by atoms with Gasteiger partial charge in [0.15, 0.2) is 0 Å². The van der Waals surface area contributed by atoms with E-state index in [1.54, 1.807) is 25.2 Å². The zero-order valence-electron chi connectivity index (χ0n) is 16.8. The Labute approximate surface area is 163 Å². The number of hydrogen-bond acceptors (Lipinski definition) is 4. The Kier molecular flexibility index (Phi) is 5.23. The molecule has 0 spiro atoms. The maximum atomic E-state index is 12.9. The van der Waals surface area contributed by atoms with Crippen molar-refractivity contribution >= 4 is 23.0 Å². The van der Waals surface area contributed by atoms with Crippen LogP contribution in [0.3, 0.4) is 0 Å². The number of aromatic amines is 1. The van der Waals surface area contributed by atoms with Crippen LogP contribution < -0.4 is 16.3 Å². The predicted molar refractivity (Wildman–Crippen MR) is 106 cm³/mol. The van der Waals surface area contributed by atoms with Gasteiger partial charge in [-0.1, -0.05) is 12.8 Å². The molecular weight excluding hydrogens is 360 g/mol. The van der Waals surface area contributed by atoms with Crippen molar-refractivity contribution in [2.45, 2.75) is 57.6 Å². The largest absolute Gasteiger partial charge is 0.444 e. The molecule has 0 bridgehead atoms. The van der Waals surface area contributed by atoms with E-state index in [1.807, 2.05) is 20.8 Å². The number of imidazole rings is 1. The summed E-state index contributed by atoms with van der Waals surface area (Å²) in [6, 6.07) is 5.13. The fourth-order valence-corrected chi connectivity index (χ4v) is 3.64. The Hall–Kier alpha value is -2.77. The third-order valence-corrected chi connectivity index (χ3v) is 5.08. The smallest absolute Gasteiger partial charge is 0.407 e. The highest BCUT2D eigenvalue weighted by atomic mass is 16.6. The van der Waals surface area contributed by atoms with E-state index in [0.29, 0.717) is 17.6 Å². The summed E-state index contributed by atoms with van der Waals surface area (Å²) in [6.07, 6.45) is 3.07. The molecule has 8 heteroatoms. The number of carbonyl (C=O) groups excluding carboxylic acids is 2. The number of alkyl carbamates (subject to hydrolysis) is 1. The monoisotopic (exact) mass is 388 g/mol. The van der Waals surface area contributed by atoms with E-state index >= 15 is 0 Å². The minimum absolute atomic E-state index is 0.221. The summed E-state index contributed by atoms with van der Waals surface area (Å²) >= 11 is 0. The average Bonchev–Trinajstić information content (AvgIpc) is 3.17. The van der Waals surface area contributed by atoms with E-state index in [-0.39, 0.29) is 11.6 Å². The van der Waals surface area contributed by atoms with Crippen molar-refractivity contribution in [1.82, 2.24) is 20.2 Å². The minimum Gasteiger partial charge on any atom is -0.444 e. The second kappa shape index (κ2) is 7.33. The maximum absolute atomic E-state index is 12.9. The van der Waals surface area contributed by atoms with Gasteiger partial charge < -0.3 is 20.4 Å². The number of nitrogens with one attached hydrogen (secondary N) is 3. The molecule has 1 aromatic carbocycles. The van der Waals surface area contributed by atoms with Crippen molar-refractivity contribution < 1.29 is 14.3 Å². The summed E-state index contributed by atoms with van der Waals surface area (Å²) < 4.78 is 6.80. The number of fused-ring (bicyclic) bond motifs is 1. The number of amides is 2. The van der Waals surface area contributed by atoms with E-state index in [4.69, 9.17) is 4.74 Å². The normalized spacial score (nSPS) is 16.1. The second-order valence-electron chi connectivity index (χ2n) is 8.52. The van der Waals surface area contributed by atoms with Crippen LogP contribution in [0.25, 0.3) is 11.0 Å². The lowest BCUT2D eigenvalue weighted by Gasteiger charge is -2.31. The molecule has 8 nitrogen and oxygen atoms in total. The Bertz CT molecular complexity index is 945. The number of aryl methyl sites for hydroxylation is 1. The lowest BCUT2D eigenvalue weighted by Crippen LogP contribution is -2.54. The van der Waals surface area contributed by atoms with E-state index in [9.17, 15) is 14.4 Å². The molecule has 1 aliphatic rings. The van der Waals surface area contributed by atoms with Crippen LogP contribution in [0.5, 0.6) is 0 Å². The van der Waals surface area contributed by atoms with E-state index in [2.05, 4.69) is 15.6 Å².